The highest BCUT2D eigenvalue weighted by Gasteiger charge is 2.34. The number of rotatable bonds is 5. The van der Waals surface area contributed by atoms with Gasteiger partial charge in [0.05, 0.1) is 15.6 Å². The molecule has 1 unspecified atom stereocenters. The fraction of sp³-hybridized carbons (Fsp3) is 0.308. The first-order valence-electron chi connectivity index (χ1n) is 6.29. The summed E-state index contributed by atoms with van der Waals surface area (Å²) < 4.78 is 21.0. The predicted molar refractivity (Wildman–Crippen MR) is 78.5 cm³/mol. The van der Waals surface area contributed by atoms with Crippen LogP contribution in [0.15, 0.2) is 22.7 Å². The number of hydrogen-bond donors (Lipinski definition) is 1. The zero-order valence-electron chi connectivity index (χ0n) is 10.8. The summed E-state index contributed by atoms with van der Waals surface area (Å²) in [6.07, 6.45) is 2.01. The third-order valence-electron chi connectivity index (χ3n) is 3.29. The maximum atomic E-state index is 10.8. The normalized spacial score (nSPS) is 15.3. The molecule has 3 rings (SSSR count). The van der Waals surface area contributed by atoms with Gasteiger partial charge in [0.2, 0.25) is 0 Å². The number of aromatic nitrogens is 1. The molecule has 110 valence electrons. The lowest BCUT2D eigenvalue weighted by atomic mass is 10.0. The zero-order chi connectivity index (χ0) is 15.0. The molecule has 0 aliphatic heterocycles. The Kier molecular flexibility index (Phi) is 4.29. The molecule has 0 radical (unpaired) electrons. The summed E-state index contributed by atoms with van der Waals surface area (Å²) in [7, 11) is -2.70. The molecule has 1 aliphatic rings. The molecule has 1 fully saturated rings. The Morgan fingerprint density at radius 2 is 2.05 bits per heavy atom. The number of hydrogen-bond acceptors (Lipinski definition) is 4. The second kappa shape index (κ2) is 6.03. The van der Waals surface area contributed by atoms with Crippen molar-refractivity contribution in [3.05, 3.63) is 39.6 Å². The van der Waals surface area contributed by atoms with Crippen LogP contribution in [0, 0.1) is 0 Å². The van der Waals surface area contributed by atoms with Crippen LogP contribution in [0.5, 0.6) is 0 Å². The van der Waals surface area contributed by atoms with Crippen LogP contribution in [0.1, 0.15) is 30.1 Å². The van der Waals surface area contributed by atoms with E-state index in [-0.39, 0.29) is 12.5 Å². The molecule has 21 heavy (non-hydrogen) atoms. The van der Waals surface area contributed by atoms with E-state index in [9.17, 15) is 4.57 Å². The highest BCUT2D eigenvalue weighted by Crippen LogP contribution is 2.46. The van der Waals surface area contributed by atoms with Crippen LogP contribution in [-0.2, 0) is 15.7 Å². The number of benzene rings is 1. The minimum absolute atomic E-state index is 0.0715. The van der Waals surface area contributed by atoms with Crippen molar-refractivity contribution in [1.29, 1.82) is 0 Å². The van der Waals surface area contributed by atoms with Gasteiger partial charge in [0.15, 0.2) is 0 Å². The summed E-state index contributed by atoms with van der Waals surface area (Å²) in [6, 6.07) is 5.13. The molecular weight excluding hydrogens is 336 g/mol. The van der Waals surface area contributed by atoms with Gasteiger partial charge in [-0.15, -0.1) is 9.42 Å². The zero-order valence-corrected chi connectivity index (χ0v) is 13.2. The molecule has 1 saturated carbocycles. The Bertz CT molecular complexity index is 679. The summed E-state index contributed by atoms with van der Waals surface area (Å²) in [5, 5.41) is 4.92. The maximum Gasteiger partial charge on any atom is 0.695 e. The molecule has 1 aliphatic carbocycles. The lowest BCUT2D eigenvalue weighted by molar-refractivity contribution is 0.269. The molecule has 1 aromatic heterocycles. The van der Waals surface area contributed by atoms with Gasteiger partial charge in [-0.3, -0.25) is 0 Å². The van der Waals surface area contributed by atoms with Gasteiger partial charge in [0, 0.05) is 16.0 Å². The van der Waals surface area contributed by atoms with Crippen molar-refractivity contribution in [2.24, 2.45) is 0 Å². The molecule has 1 heterocycles. The number of nitrogens with zero attached hydrogens (tertiary/aromatic N) is 1. The summed E-state index contributed by atoms with van der Waals surface area (Å²) in [5.74, 6) is 0.959. The Balaban J connectivity index is 2.07. The van der Waals surface area contributed by atoms with E-state index in [1.807, 2.05) is 0 Å². The van der Waals surface area contributed by atoms with Gasteiger partial charge in [-0.2, -0.15) is 0 Å². The Morgan fingerprint density at radius 3 is 2.62 bits per heavy atom. The van der Waals surface area contributed by atoms with Gasteiger partial charge in [-0.1, -0.05) is 34.4 Å². The van der Waals surface area contributed by atoms with E-state index >= 15 is 0 Å². The molecule has 0 bridgehead atoms. The van der Waals surface area contributed by atoms with Crippen molar-refractivity contribution in [2.45, 2.75) is 25.4 Å². The summed E-state index contributed by atoms with van der Waals surface area (Å²) >= 11 is 12.4. The molecule has 0 saturated heterocycles. The molecule has 1 aromatic carbocycles. The molecule has 0 amide bonds. The molecule has 1 N–H and O–H groups in total. The molecule has 0 spiro atoms. The quantitative estimate of drug-likeness (QED) is 0.795. The standard InChI is InChI=1S/C13H10Cl2NO4P/c14-9-2-1-3-10(15)11(9)12-8(6-19-21(17)18)13(20-16-12)7-4-5-7/h1-3,7H,4-6H2/p+1. The first-order chi connectivity index (χ1) is 10.1. The van der Waals surface area contributed by atoms with E-state index in [0.717, 1.165) is 12.8 Å². The molecule has 8 heteroatoms. The van der Waals surface area contributed by atoms with Crippen LogP contribution in [0.25, 0.3) is 11.3 Å². The van der Waals surface area contributed by atoms with Crippen LogP contribution < -0.4 is 0 Å². The largest absolute Gasteiger partial charge is 0.695 e. The van der Waals surface area contributed by atoms with Gasteiger partial charge < -0.3 is 4.52 Å². The van der Waals surface area contributed by atoms with E-state index in [0.29, 0.717) is 32.6 Å². The molecule has 1 atom stereocenters. The van der Waals surface area contributed by atoms with Gasteiger partial charge >= 0.3 is 8.25 Å². The van der Waals surface area contributed by atoms with Gasteiger partial charge in [-0.05, 0) is 25.0 Å². The minimum Gasteiger partial charge on any atom is -0.360 e. The average molecular weight is 347 g/mol. The monoisotopic (exact) mass is 346 g/mol. The van der Waals surface area contributed by atoms with Crippen molar-refractivity contribution < 1.29 is 18.5 Å². The van der Waals surface area contributed by atoms with E-state index < -0.39 is 8.25 Å². The summed E-state index contributed by atoms with van der Waals surface area (Å²) in [5.41, 5.74) is 1.64. The van der Waals surface area contributed by atoms with Crippen LogP contribution in [-0.4, -0.2) is 10.1 Å². The lowest BCUT2D eigenvalue weighted by Crippen LogP contribution is -1.93. The maximum absolute atomic E-state index is 10.8. The van der Waals surface area contributed by atoms with Gasteiger partial charge in [0.1, 0.15) is 18.1 Å². The second-order valence-electron chi connectivity index (χ2n) is 4.76. The van der Waals surface area contributed by atoms with Crippen LogP contribution in [0.4, 0.5) is 0 Å². The fourth-order valence-electron chi connectivity index (χ4n) is 2.17. The van der Waals surface area contributed by atoms with Crippen LogP contribution >= 0.6 is 31.5 Å². The van der Waals surface area contributed by atoms with Crippen molar-refractivity contribution in [3.63, 3.8) is 0 Å². The summed E-state index contributed by atoms with van der Waals surface area (Å²) in [4.78, 5) is 8.85. The van der Waals surface area contributed by atoms with E-state index in [1.54, 1.807) is 18.2 Å². The highest BCUT2D eigenvalue weighted by atomic mass is 35.5. The Labute approximate surface area is 131 Å². The summed E-state index contributed by atoms with van der Waals surface area (Å²) in [6.45, 7) is -0.0715. The average Bonchev–Trinajstić information content (AvgIpc) is 3.18. The Hall–Kier alpha value is -0.970. The third kappa shape index (κ3) is 3.12. The fourth-order valence-corrected chi connectivity index (χ4v) is 2.98. The number of halogens is 2. The SMILES string of the molecule is O=[P+](O)OCc1c(-c2c(Cl)cccc2Cl)noc1C1CC1. The van der Waals surface area contributed by atoms with Crippen LogP contribution in [0.2, 0.25) is 10.0 Å². The van der Waals surface area contributed by atoms with Crippen molar-refractivity contribution in [3.8, 4) is 11.3 Å². The molecule has 5 nitrogen and oxygen atoms in total. The lowest BCUT2D eigenvalue weighted by Gasteiger charge is -2.05. The van der Waals surface area contributed by atoms with Gasteiger partial charge in [0.25, 0.3) is 0 Å². The first kappa shape index (κ1) is 14.9. The van der Waals surface area contributed by atoms with Gasteiger partial charge in [-0.25, -0.2) is 0 Å². The topological polar surface area (TPSA) is 72.6 Å². The van der Waals surface area contributed by atoms with Crippen molar-refractivity contribution in [1.82, 2.24) is 5.16 Å². The van der Waals surface area contributed by atoms with E-state index in [4.69, 9.17) is 37.1 Å². The second-order valence-corrected chi connectivity index (χ2v) is 6.30. The predicted octanol–water partition coefficient (Wildman–Crippen LogP) is 4.69. The highest BCUT2D eigenvalue weighted by molar-refractivity contribution is 7.32. The van der Waals surface area contributed by atoms with E-state index in [2.05, 4.69) is 5.16 Å². The van der Waals surface area contributed by atoms with Crippen molar-refractivity contribution in [2.75, 3.05) is 0 Å². The third-order valence-corrected chi connectivity index (χ3v) is 4.27. The first-order valence-corrected chi connectivity index (χ1v) is 8.18. The molecule has 2 aromatic rings. The molecular formula is C13H11Cl2NO4P+. The van der Waals surface area contributed by atoms with E-state index in [1.165, 1.54) is 0 Å². The Morgan fingerprint density at radius 1 is 1.38 bits per heavy atom. The minimum atomic E-state index is -2.70. The van der Waals surface area contributed by atoms with Crippen LogP contribution in [0.3, 0.4) is 0 Å². The van der Waals surface area contributed by atoms with Crippen molar-refractivity contribution >= 4 is 31.5 Å². The smallest absolute Gasteiger partial charge is 0.360 e.